The zero-order chi connectivity index (χ0) is 19.2. The van der Waals surface area contributed by atoms with Crippen molar-refractivity contribution in [2.24, 2.45) is 16.7 Å². The molecule has 0 fully saturated rings. The van der Waals surface area contributed by atoms with Crippen LogP contribution in [0.5, 0.6) is 0 Å². The van der Waals surface area contributed by atoms with E-state index in [4.69, 9.17) is 0 Å². The quantitative estimate of drug-likeness (QED) is 0.717. The lowest BCUT2D eigenvalue weighted by Crippen LogP contribution is -2.58. The number of carbonyl (C=O) groups is 2. The maximum Gasteiger partial charge on any atom is 0.308 e. The van der Waals surface area contributed by atoms with Crippen molar-refractivity contribution in [1.29, 1.82) is 0 Å². The SMILES string of the molecule is CC(C)(C)C(C(=O)O)C(C(=O)S)(c1nc2ccccc2[nH]1)C(C)(C)C. The summed E-state index contributed by atoms with van der Waals surface area (Å²) in [7, 11) is 0. The Kier molecular flexibility index (Phi) is 4.81. The summed E-state index contributed by atoms with van der Waals surface area (Å²) in [5.74, 6) is -1.70. The smallest absolute Gasteiger partial charge is 0.308 e. The molecular weight excluding hydrogens is 336 g/mol. The standard InChI is InChI=1S/C19H26N2O3S/c1-17(2,3)13(14(22)23)19(16(24)25,18(4,5)6)15-20-11-9-7-8-10-12(11)21-15/h7-10,13H,1-6H3,(H,20,21)(H,22,23)(H,24,25). The first-order valence-corrected chi connectivity index (χ1v) is 8.69. The molecule has 2 unspecified atom stereocenters. The number of thiol groups is 1. The molecule has 0 amide bonds. The van der Waals surface area contributed by atoms with Crippen molar-refractivity contribution in [2.45, 2.75) is 47.0 Å². The van der Waals surface area contributed by atoms with E-state index in [0.29, 0.717) is 11.3 Å². The highest BCUT2D eigenvalue weighted by molar-refractivity contribution is 7.96. The number of aliphatic carboxylic acids is 1. The number of imidazole rings is 1. The number of hydrogen-bond acceptors (Lipinski definition) is 3. The molecule has 0 aliphatic carbocycles. The van der Waals surface area contributed by atoms with Crippen molar-refractivity contribution in [3.8, 4) is 0 Å². The maximum absolute atomic E-state index is 12.9. The first-order valence-electron chi connectivity index (χ1n) is 8.25. The minimum atomic E-state index is -1.42. The molecular formula is C19H26N2O3S. The van der Waals surface area contributed by atoms with E-state index < -0.39 is 33.2 Å². The number of nitrogens with zero attached hydrogens (tertiary/aromatic N) is 1. The van der Waals surface area contributed by atoms with Crippen molar-refractivity contribution in [3.05, 3.63) is 30.1 Å². The number of carbonyl (C=O) groups excluding carboxylic acids is 1. The Bertz CT molecular complexity index is 781. The fourth-order valence-corrected chi connectivity index (χ4v) is 4.39. The maximum atomic E-state index is 12.9. The Morgan fingerprint density at radius 2 is 1.68 bits per heavy atom. The van der Waals surface area contributed by atoms with Crippen LogP contribution >= 0.6 is 12.6 Å². The molecule has 0 saturated heterocycles. The largest absolute Gasteiger partial charge is 0.481 e. The van der Waals surface area contributed by atoms with Crippen LogP contribution in [0.2, 0.25) is 0 Å². The second-order valence-electron chi connectivity index (χ2n) is 8.60. The fraction of sp³-hybridized carbons (Fsp3) is 0.526. The molecule has 6 heteroatoms. The van der Waals surface area contributed by atoms with Gasteiger partial charge in [-0.2, -0.15) is 0 Å². The second kappa shape index (κ2) is 6.16. The van der Waals surface area contributed by atoms with Crippen LogP contribution in [0.15, 0.2) is 24.3 Å². The van der Waals surface area contributed by atoms with E-state index in [-0.39, 0.29) is 0 Å². The van der Waals surface area contributed by atoms with Crippen molar-refractivity contribution < 1.29 is 14.7 Å². The van der Waals surface area contributed by atoms with Gasteiger partial charge in [-0.25, -0.2) is 4.98 Å². The van der Waals surface area contributed by atoms with Crippen LogP contribution in [0.4, 0.5) is 0 Å². The number of aromatic amines is 1. The van der Waals surface area contributed by atoms with Crippen LogP contribution in [-0.2, 0) is 15.0 Å². The summed E-state index contributed by atoms with van der Waals surface area (Å²) in [6.07, 6.45) is 0. The first-order chi connectivity index (χ1) is 11.3. The summed E-state index contributed by atoms with van der Waals surface area (Å²) in [5.41, 5.74) is -1.37. The number of nitrogens with one attached hydrogen (secondary N) is 1. The molecule has 0 bridgehead atoms. The third kappa shape index (κ3) is 3.08. The molecule has 1 aromatic heterocycles. The van der Waals surface area contributed by atoms with Gasteiger partial charge in [0.15, 0.2) is 0 Å². The number of benzene rings is 1. The van der Waals surface area contributed by atoms with Gasteiger partial charge in [-0.3, -0.25) is 9.59 Å². The van der Waals surface area contributed by atoms with Gasteiger partial charge in [-0.1, -0.05) is 53.7 Å². The lowest BCUT2D eigenvalue weighted by molar-refractivity contribution is -0.156. The Hall–Kier alpha value is -1.82. The summed E-state index contributed by atoms with van der Waals surface area (Å²) in [6, 6.07) is 7.41. The van der Waals surface area contributed by atoms with Crippen molar-refractivity contribution in [2.75, 3.05) is 0 Å². The van der Waals surface area contributed by atoms with Crippen LogP contribution in [0.25, 0.3) is 11.0 Å². The van der Waals surface area contributed by atoms with E-state index in [2.05, 4.69) is 22.6 Å². The molecule has 0 aliphatic rings. The van der Waals surface area contributed by atoms with Gasteiger partial charge in [0.05, 0.1) is 17.0 Å². The molecule has 0 aliphatic heterocycles. The molecule has 1 aromatic carbocycles. The van der Waals surface area contributed by atoms with Crippen LogP contribution in [-0.4, -0.2) is 26.2 Å². The number of fused-ring (bicyclic) bond motifs is 1. The highest BCUT2D eigenvalue weighted by Gasteiger charge is 2.62. The average molecular weight is 362 g/mol. The molecule has 25 heavy (non-hydrogen) atoms. The van der Waals surface area contributed by atoms with Gasteiger partial charge < -0.3 is 10.1 Å². The molecule has 0 saturated carbocycles. The summed E-state index contributed by atoms with van der Waals surface area (Å²) < 4.78 is 0. The number of para-hydroxylation sites is 2. The van der Waals surface area contributed by atoms with Gasteiger partial charge >= 0.3 is 5.97 Å². The topological polar surface area (TPSA) is 83.0 Å². The van der Waals surface area contributed by atoms with E-state index >= 15 is 0 Å². The monoisotopic (exact) mass is 362 g/mol. The molecule has 2 N–H and O–H groups in total. The normalized spacial score (nSPS) is 16.4. The third-order valence-corrected chi connectivity index (χ3v) is 5.18. The van der Waals surface area contributed by atoms with Crippen molar-refractivity contribution in [3.63, 3.8) is 0 Å². The Morgan fingerprint density at radius 1 is 1.12 bits per heavy atom. The molecule has 0 radical (unpaired) electrons. The van der Waals surface area contributed by atoms with Crippen LogP contribution in [0.3, 0.4) is 0 Å². The van der Waals surface area contributed by atoms with Crippen LogP contribution in [0, 0.1) is 16.7 Å². The second-order valence-corrected chi connectivity index (χ2v) is 9.01. The lowest BCUT2D eigenvalue weighted by Gasteiger charge is -2.49. The third-order valence-electron chi connectivity index (χ3n) is 4.83. The molecule has 136 valence electrons. The zero-order valence-electron chi connectivity index (χ0n) is 15.5. The summed E-state index contributed by atoms with van der Waals surface area (Å²) in [4.78, 5) is 33.0. The molecule has 0 spiro atoms. The zero-order valence-corrected chi connectivity index (χ0v) is 16.4. The number of hydrogen-bond donors (Lipinski definition) is 3. The fourth-order valence-electron chi connectivity index (χ4n) is 3.82. The van der Waals surface area contributed by atoms with Crippen LogP contribution < -0.4 is 0 Å². The van der Waals surface area contributed by atoms with Gasteiger partial charge in [0.1, 0.15) is 11.2 Å². The van der Waals surface area contributed by atoms with Gasteiger partial charge in [0, 0.05) is 0 Å². The van der Waals surface area contributed by atoms with E-state index in [1.165, 1.54) is 0 Å². The molecule has 2 rings (SSSR count). The van der Waals surface area contributed by atoms with E-state index in [9.17, 15) is 14.7 Å². The lowest BCUT2D eigenvalue weighted by atomic mass is 9.53. The number of carboxylic acid groups (broad SMARTS) is 1. The highest BCUT2D eigenvalue weighted by Crippen LogP contribution is 2.53. The van der Waals surface area contributed by atoms with Gasteiger partial charge in [0.2, 0.25) is 5.12 Å². The Labute approximate surface area is 153 Å². The summed E-state index contributed by atoms with van der Waals surface area (Å²) >= 11 is 4.17. The first kappa shape index (κ1) is 19.5. The van der Waals surface area contributed by atoms with E-state index in [0.717, 1.165) is 5.52 Å². The van der Waals surface area contributed by atoms with Crippen molar-refractivity contribution >= 4 is 34.7 Å². The number of rotatable bonds is 4. The van der Waals surface area contributed by atoms with Gasteiger partial charge in [-0.05, 0) is 23.0 Å². The van der Waals surface area contributed by atoms with Crippen molar-refractivity contribution in [1.82, 2.24) is 9.97 Å². The Balaban J connectivity index is 2.93. The predicted molar refractivity (Wildman–Crippen MR) is 102 cm³/mol. The molecule has 2 atom stereocenters. The van der Waals surface area contributed by atoms with E-state index in [1.54, 1.807) is 0 Å². The number of carboxylic acids is 1. The molecule has 1 heterocycles. The number of aromatic nitrogens is 2. The predicted octanol–water partition coefficient (Wildman–Crippen LogP) is 4.05. The Morgan fingerprint density at radius 3 is 2.08 bits per heavy atom. The van der Waals surface area contributed by atoms with Crippen LogP contribution in [0.1, 0.15) is 47.4 Å². The van der Waals surface area contributed by atoms with E-state index in [1.807, 2.05) is 65.8 Å². The van der Waals surface area contributed by atoms with Gasteiger partial charge in [-0.15, -0.1) is 12.6 Å². The minimum Gasteiger partial charge on any atom is -0.481 e. The summed E-state index contributed by atoms with van der Waals surface area (Å²) in [6.45, 7) is 11.0. The van der Waals surface area contributed by atoms with Gasteiger partial charge in [0.25, 0.3) is 0 Å². The average Bonchev–Trinajstić information content (AvgIpc) is 2.84. The highest BCUT2D eigenvalue weighted by atomic mass is 32.1. The molecule has 2 aromatic rings. The summed E-state index contributed by atoms with van der Waals surface area (Å²) in [5, 5.41) is 9.57. The number of H-pyrrole nitrogens is 1. The molecule has 5 nitrogen and oxygen atoms in total. The minimum absolute atomic E-state index is 0.350.